The Morgan fingerprint density at radius 2 is 0.733 bits per heavy atom. The minimum atomic E-state index is -6.02. The van der Waals surface area contributed by atoms with Gasteiger partial charge in [-0.3, -0.25) is 0 Å². The van der Waals surface area contributed by atoms with Gasteiger partial charge in [-0.1, -0.05) is 47.5 Å². The Kier molecular flexibility index (Phi) is 8.59. The number of ether oxygens (including phenoxy) is 2. The van der Waals surface area contributed by atoms with E-state index in [4.69, 9.17) is 9.47 Å². The van der Waals surface area contributed by atoms with E-state index in [-0.39, 0.29) is 11.1 Å². The maximum atomic E-state index is 14.5. The van der Waals surface area contributed by atoms with E-state index >= 15 is 0 Å². The van der Waals surface area contributed by atoms with Crippen LogP contribution in [-0.2, 0) is 17.8 Å². The first kappa shape index (κ1) is 33.5. The maximum Gasteiger partial charge on any atom is 0.419 e. The summed E-state index contributed by atoms with van der Waals surface area (Å²) in [4.78, 5) is 0. The Morgan fingerprint density at radius 1 is 0.422 bits per heavy atom. The lowest BCUT2D eigenvalue weighted by molar-refractivity contribution is -0.288. The van der Waals surface area contributed by atoms with Crippen molar-refractivity contribution in [1.82, 2.24) is 0 Å². The molecule has 0 aliphatic carbocycles. The molecule has 0 bridgehead atoms. The van der Waals surface area contributed by atoms with Gasteiger partial charge in [-0.2, -0.15) is 52.7 Å². The molecule has 0 fully saturated rings. The molecule has 0 radical (unpaired) electrons. The zero-order chi connectivity index (χ0) is 33.6. The zero-order valence-corrected chi connectivity index (χ0v) is 22.9. The van der Waals surface area contributed by atoms with Crippen LogP contribution in [0.5, 0.6) is 23.0 Å². The number of rotatable bonds is 6. The highest BCUT2D eigenvalue weighted by molar-refractivity contribution is 5.49. The van der Waals surface area contributed by atoms with Crippen LogP contribution < -0.4 is 9.47 Å². The summed E-state index contributed by atoms with van der Waals surface area (Å²) in [5.41, 5.74) is -9.31. The van der Waals surface area contributed by atoms with E-state index in [1.54, 1.807) is 0 Å². The molecule has 4 aromatic carbocycles. The molecule has 0 N–H and O–H groups in total. The molecule has 0 aromatic heterocycles. The summed E-state index contributed by atoms with van der Waals surface area (Å²) in [7, 11) is 0. The molecule has 4 rings (SSSR count). The van der Waals surface area contributed by atoms with Crippen LogP contribution in [0.1, 0.15) is 33.4 Å². The van der Waals surface area contributed by atoms with Crippen LogP contribution in [0.25, 0.3) is 0 Å². The van der Waals surface area contributed by atoms with Crippen molar-refractivity contribution in [3.8, 4) is 23.0 Å². The van der Waals surface area contributed by atoms with E-state index < -0.39 is 75.4 Å². The fraction of sp³-hybridized carbons (Fsp3) is 0.226. The van der Waals surface area contributed by atoms with Crippen LogP contribution in [-0.4, -0.2) is 12.4 Å². The van der Waals surface area contributed by atoms with E-state index in [0.717, 1.165) is 24.3 Å². The smallest absolute Gasteiger partial charge is 0.419 e. The number of hydrogen-bond donors (Lipinski definition) is 0. The van der Waals surface area contributed by atoms with Crippen LogP contribution in [0.4, 0.5) is 52.7 Å². The first-order valence-electron chi connectivity index (χ1n) is 12.7. The quantitative estimate of drug-likeness (QED) is 0.193. The second kappa shape index (κ2) is 11.5. The van der Waals surface area contributed by atoms with Crippen molar-refractivity contribution < 1.29 is 62.2 Å². The third-order valence-corrected chi connectivity index (χ3v) is 6.76. The lowest BCUT2D eigenvalue weighted by atomic mass is 9.73. The highest BCUT2D eigenvalue weighted by atomic mass is 19.4. The van der Waals surface area contributed by atoms with Gasteiger partial charge in [-0.05, 0) is 73.5 Å². The molecule has 0 saturated heterocycles. The Balaban J connectivity index is 1.75. The van der Waals surface area contributed by atoms with E-state index in [9.17, 15) is 52.7 Å². The molecule has 0 atom stereocenters. The van der Waals surface area contributed by atoms with Gasteiger partial charge < -0.3 is 9.47 Å². The molecular formula is C31H20F12O2. The molecule has 0 saturated carbocycles. The SMILES string of the molecule is Cc1ccc(Oc2ccc(C(c3ccc(Oc4ccc(C)cc4C(F)(F)F)cc3)(C(F)(F)F)C(F)(F)F)cc2)c(C(F)(F)F)c1. The fourth-order valence-electron chi connectivity index (χ4n) is 4.69. The average Bonchev–Trinajstić information content (AvgIpc) is 2.90. The highest BCUT2D eigenvalue weighted by Gasteiger charge is 2.72. The second-order valence-electron chi connectivity index (χ2n) is 9.99. The molecule has 4 aromatic rings. The first-order chi connectivity index (χ1) is 20.6. The van der Waals surface area contributed by atoms with Crippen molar-refractivity contribution in [2.75, 3.05) is 0 Å². The Bertz CT molecular complexity index is 1520. The Morgan fingerprint density at radius 3 is 1.00 bits per heavy atom. The Hall–Kier alpha value is -4.36. The fourth-order valence-corrected chi connectivity index (χ4v) is 4.69. The minimum absolute atomic E-state index is 0.223. The number of aryl methyl sites for hydroxylation is 2. The molecule has 14 heteroatoms. The molecule has 0 heterocycles. The van der Waals surface area contributed by atoms with Crippen molar-refractivity contribution in [2.45, 2.75) is 44.0 Å². The number of alkyl halides is 12. The van der Waals surface area contributed by atoms with Crippen molar-refractivity contribution in [2.24, 2.45) is 0 Å². The van der Waals surface area contributed by atoms with Crippen molar-refractivity contribution in [3.63, 3.8) is 0 Å². The summed E-state index contributed by atoms with van der Waals surface area (Å²) in [6.45, 7) is 2.76. The summed E-state index contributed by atoms with van der Waals surface area (Å²) in [6.07, 6.45) is -21.8. The standard InChI is InChI=1S/C31H20F12O2/c1-17-3-13-25(23(15-17)28(32,33)34)44-21-9-5-19(6-10-21)27(30(38,39)40,31(41,42)43)20-7-11-22(12-8-20)45-26-14-4-18(2)16-24(26)29(35,36)37/h3-16H,1-2H3. The predicted molar refractivity (Wildman–Crippen MR) is 138 cm³/mol. The molecule has 0 aliphatic heterocycles. The summed E-state index contributed by atoms with van der Waals surface area (Å²) < 4.78 is 178. The van der Waals surface area contributed by atoms with Crippen molar-refractivity contribution in [3.05, 3.63) is 118 Å². The van der Waals surface area contributed by atoms with E-state index in [2.05, 4.69) is 0 Å². The molecule has 0 unspecified atom stereocenters. The number of benzene rings is 4. The van der Waals surface area contributed by atoms with E-state index in [1.807, 2.05) is 0 Å². The summed E-state index contributed by atoms with van der Waals surface area (Å²) in [5, 5.41) is 0. The van der Waals surface area contributed by atoms with Crippen LogP contribution in [0.2, 0.25) is 0 Å². The first-order valence-corrected chi connectivity index (χ1v) is 12.7. The number of halogens is 12. The van der Waals surface area contributed by atoms with Gasteiger partial charge in [0.2, 0.25) is 5.41 Å². The lowest BCUT2D eigenvalue weighted by Gasteiger charge is -2.38. The molecule has 0 aliphatic rings. The van der Waals surface area contributed by atoms with Gasteiger partial charge in [0.25, 0.3) is 0 Å². The monoisotopic (exact) mass is 652 g/mol. The molecule has 45 heavy (non-hydrogen) atoms. The Labute approximate surface area is 247 Å². The zero-order valence-electron chi connectivity index (χ0n) is 22.9. The summed E-state index contributed by atoms with van der Waals surface area (Å²) in [6, 6.07) is 10.3. The van der Waals surface area contributed by atoms with E-state index in [0.29, 0.717) is 48.5 Å². The molecule has 2 nitrogen and oxygen atoms in total. The van der Waals surface area contributed by atoms with Gasteiger partial charge in [0.15, 0.2) is 0 Å². The number of hydrogen-bond acceptors (Lipinski definition) is 2. The van der Waals surface area contributed by atoms with Crippen LogP contribution in [0.15, 0.2) is 84.9 Å². The maximum absolute atomic E-state index is 14.5. The lowest BCUT2D eigenvalue weighted by Crippen LogP contribution is -2.54. The third-order valence-electron chi connectivity index (χ3n) is 6.76. The topological polar surface area (TPSA) is 18.5 Å². The van der Waals surface area contributed by atoms with Crippen molar-refractivity contribution in [1.29, 1.82) is 0 Å². The van der Waals surface area contributed by atoms with Crippen LogP contribution >= 0.6 is 0 Å². The van der Waals surface area contributed by atoms with Gasteiger partial charge in [0.05, 0.1) is 11.1 Å². The van der Waals surface area contributed by atoms with Gasteiger partial charge >= 0.3 is 24.7 Å². The predicted octanol–water partition coefficient (Wildman–Crippen LogP) is 11.3. The third kappa shape index (κ3) is 6.69. The average molecular weight is 652 g/mol. The van der Waals surface area contributed by atoms with E-state index in [1.165, 1.54) is 26.0 Å². The van der Waals surface area contributed by atoms with Gasteiger partial charge in [0, 0.05) is 0 Å². The highest BCUT2D eigenvalue weighted by Crippen LogP contribution is 2.56. The van der Waals surface area contributed by atoms with Gasteiger partial charge in [0.1, 0.15) is 23.0 Å². The minimum Gasteiger partial charge on any atom is -0.457 e. The van der Waals surface area contributed by atoms with Gasteiger partial charge in [-0.25, -0.2) is 0 Å². The molecule has 240 valence electrons. The summed E-state index contributed by atoms with van der Waals surface area (Å²) in [5.74, 6) is -2.41. The largest absolute Gasteiger partial charge is 0.457 e. The summed E-state index contributed by atoms with van der Waals surface area (Å²) >= 11 is 0. The molecule has 0 amide bonds. The molecular weight excluding hydrogens is 632 g/mol. The molecule has 0 spiro atoms. The van der Waals surface area contributed by atoms with Crippen LogP contribution in [0, 0.1) is 13.8 Å². The van der Waals surface area contributed by atoms with Crippen LogP contribution in [0.3, 0.4) is 0 Å². The normalized spacial score (nSPS) is 13.1. The van der Waals surface area contributed by atoms with Crippen molar-refractivity contribution >= 4 is 0 Å². The second-order valence-corrected chi connectivity index (χ2v) is 9.99. The van der Waals surface area contributed by atoms with Gasteiger partial charge in [-0.15, -0.1) is 0 Å².